The molecule has 4 rings (SSSR count). The Morgan fingerprint density at radius 2 is 1.83 bits per heavy atom. The van der Waals surface area contributed by atoms with Gasteiger partial charge in [0.15, 0.2) is 0 Å². The van der Waals surface area contributed by atoms with E-state index in [1.807, 2.05) is 17.1 Å². The van der Waals surface area contributed by atoms with Gasteiger partial charge >= 0.3 is 0 Å². The van der Waals surface area contributed by atoms with Crippen LogP contribution >= 0.6 is 15.9 Å². The maximum Gasteiger partial charge on any atom is 0.121 e. The molecule has 0 fully saturated rings. The van der Waals surface area contributed by atoms with Gasteiger partial charge in [-0.25, -0.2) is 0 Å². The summed E-state index contributed by atoms with van der Waals surface area (Å²) in [5, 5.41) is 16.4. The third-order valence-electron chi connectivity index (χ3n) is 9.39. The van der Waals surface area contributed by atoms with E-state index in [1.54, 1.807) is 0 Å². The molecule has 3 aromatic rings. The molecule has 0 saturated heterocycles. The largest absolute Gasteiger partial charge is 0.385 e. The third kappa shape index (κ3) is 8.28. The van der Waals surface area contributed by atoms with Crippen molar-refractivity contribution in [2.75, 3.05) is 23.3 Å². The van der Waals surface area contributed by atoms with Crippen molar-refractivity contribution in [3.05, 3.63) is 130 Å². The van der Waals surface area contributed by atoms with E-state index in [4.69, 9.17) is 0 Å². The zero-order chi connectivity index (χ0) is 34.7. The van der Waals surface area contributed by atoms with Crippen LogP contribution in [0.1, 0.15) is 83.4 Å². The highest BCUT2D eigenvalue weighted by molar-refractivity contribution is 9.11. The molecule has 0 spiro atoms. The number of nitrogens with zero attached hydrogens (tertiary/aromatic N) is 2. The van der Waals surface area contributed by atoms with Gasteiger partial charge in [-0.3, -0.25) is 0 Å². The molecular weight excluding hydrogens is 654 g/mol. The third-order valence-corrected chi connectivity index (χ3v) is 9.76. The van der Waals surface area contributed by atoms with Gasteiger partial charge in [0, 0.05) is 47.4 Å². The first-order chi connectivity index (χ1) is 23.1. The summed E-state index contributed by atoms with van der Waals surface area (Å²) in [6.07, 6.45) is 17.6. The van der Waals surface area contributed by atoms with E-state index in [1.165, 1.54) is 38.7 Å². The molecule has 0 radical (unpaired) electrons. The van der Waals surface area contributed by atoms with E-state index in [0.717, 1.165) is 49.9 Å². The number of rotatable bonds is 15. The Balaban J connectivity index is 1.76. The van der Waals surface area contributed by atoms with Crippen molar-refractivity contribution in [3.8, 4) is 6.07 Å². The van der Waals surface area contributed by atoms with E-state index in [2.05, 4.69) is 153 Å². The first kappa shape index (κ1) is 36.7. The molecule has 1 heterocycles. The SMILES string of the molecule is CCCNc1ccc(C)cc1C(CC=C(C)C)(C/C=C/Br)C/C=C/C(C#N)=C/C=C1/N(CCC=O)c2ccc3ccccc3c2C1(C)C. The molecule has 3 aromatic carbocycles. The van der Waals surface area contributed by atoms with E-state index >= 15 is 0 Å². The summed E-state index contributed by atoms with van der Waals surface area (Å²) in [6.45, 7) is 14.6. The summed E-state index contributed by atoms with van der Waals surface area (Å²) in [5.74, 6) is 0. The molecule has 1 unspecified atom stereocenters. The Bertz CT molecular complexity index is 1800. The average molecular weight is 705 g/mol. The first-order valence-corrected chi connectivity index (χ1v) is 18.0. The number of anilines is 2. The van der Waals surface area contributed by atoms with Crippen molar-refractivity contribution >= 4 is 44.4 Å². The van der Waals surface area contributed by atoms with Gasteiger partial charge in [0.2, 0.25) is 0 Å². The zero-order valence-electron chi connectivity index (χ0n) is 29.4. The fraction of sp³-hybridized carbons (Fsp3) is 0.349. The molecule has 1 aliphatic heterocycles. The van der Waals surface area contributed by atoms with Crippen LogP contribution in [-0.4, -0.2) is 19.4 Å². The Kier molecular flexibility index (Phi) is 12.8. The van der Waals surface area contributed by atoms with Crippen molar-refractivity contribution in [1.82, 2.24) is 0 Å². The number of nitriles is 1. The van der Waals surface area contributed by atoms with E-state index in [0.29, 0.717) is 18.5 Å². The van der Waals surface area contributed by atoms with Crippen molar-refractivity contribution in [1.29, 1.82) is 5.26 Å². The minimum atomic E-state index is -0.311. The second-order valence-corrected chi connectivity index (χ2v) is 14.1. The predicted octanol–water partition coefficient (Wildman–Crippen LogP) is 11.5. The number of carbonyl (C=O) groups excluding carboxylic acids is 1. The summed E-state index contributed by atoms with van der Waals surface area (Å²) in [4.78, 5) is 15.7. The maximum absolute atomic E-state index is 11.5. The molecule has 0 amide bonds. The lowest BCUT2D eigenvalue weighted by atomic mass is 9.70. The van der Waals surface area contributed by atoms with Crippen LogP contribution in [0.2, 0.25) is 0 Å². The second-order valence-electron chi connectivity index (χ2n) is 13.6. The van der Waals surface area contributed by atoms with Crippen LogP contribution in [0.25, 0.3) is 10.8 Å². The van der Waals surface area contributed by atoms with E-state index < -0.39 is 0 Å². The standard InChI is InChI=1S/C43H50BrN3O/c1-7-27-46-38-19-16-33(4)30-37(38)43(24-11-26-44,25-22-32(2)3)23-10-13-34(31-45)17-21-40-42(5,6)41-36-15-9-8-14-35(36)18-20-39(41)47(40)28-12-29-48/h8-11,13-22,26,29-30,46H,7,12,23-25,27-28H2,1-6H3/b13-10+,26-11+,34-17-,40-21+. The molecule has 1 N–H and O–H groups in total. The molecular formula is C43H50BrN3O. The van der Waals surface area contributed by atoms with Crippen molar-refractivity contribution in [2.24, 2.45) is 0 Å². The van der Waals surface area contributed by atoms with Gasteiger partial charge in [-0.15, -0.1) is 0 Å². The van der Waals surface area contributed by atoms with Crippen molar-refractivity contribution in [2.45, 2.75) is 84.5 Å². The lowest BCUT2D eigenvalue weighted by Crippen LogP contribution is -2.27. The highest BCUT2D eigenvalue weighted by Gasteiger charge is 2.41. The van der Waals surface area contributed by atoms with E-state index in [-0.39, 0.29) is 10.8 Å². The summed E-state index contributed by atoms with van der Waals surface area (Å²) < 4.78 is 0. The number of hydrogen-bond acceptors (Lipinski definition) is 4. The number of halogens is 1. The molecule has 250 valence electrons. The number of allylic oxidation sites excluding steroid dienone is 9. The van der Waals surface area contributed by atoms with Gasteiger partial charge in [0.05, 0.1) is 11.6 Å². The molecule has 0 aliphatic carbocycles. The first-order valence-electron chi connectivity index (χ1n) is 17.1. The van der Waals surface area contributed by atoms with Crippen LogP contribution in [-0.2, 0) is 15.6 Å². The topological polar surface area (TPSA) is 56.1 Å². The summed E-state index contributed by atoms with van der Waals surface area (Å²) in [6, 6.07) is 22.0. The zero-order valence-corrected chi connectivity index (χ0v) is 31.0. The fourth-order valence-electron chi connectivity index (χ4n) is 6.93. The summed E-state index contributed by atoms with van der Waals surface area (Å²) in [5.41, 5.74) is 8.55. The molecule has 1 aliphatic rings. The lowest BCUT2D eigenvalue weighted by molar-refractivity contribution is -0.107. The van der Waals surface area contributed by atoms with Crippen LogP contribution in [0.3, 0.4) is 0 Å². The van der Waals surface area contributed by atoms with Crippen molar-refractivity contribution in [3.63, 3.8) is 0 Å². The number of nitrogens with one attached hydrogen (secondary N) is 1. The highest BCUT2D eigenvalue weighted by atomic mass is 79.9. The Labute approximate surface area is 296 Å². The van der Waals surface area contributed by atoms with Crippen LogP contribution in [0.4, 0.5) is 11.4 Å². The van der Waals surface area contributed by atoms with Crippen LogP contribution < -0.4 is 10.2 Å². The van der Waals surface area contributed by atoms with Crippen LogP contribution in [0.15, 0.2) is 113 Å². The minimum absolute atomic E-state index is 0.207. The highest BCUT2D eigenvalue weighted by Crippen LogP contribution is 2.51. The minimum Gasteiger partial charge on any atom is -0.385 e. The predicted molar refractivity (Wildman–Crippen MR) is 209 cm³/mol. The number of fused-ring (bicyclic) bond motifs is 3. The quantitative estimate of drug-likeness (QED) is 0.0741. The number of benzene rings is 3. The maximum atomic E-state index is 11.5. The number of aldehydes is 1. The van der Waals surface area contributed by atoms with Crippen LogP contribution in [0, 0.1) is 18.3 Å². The lowest BCUT2D eigenvalue weighted by Gasteiger charge is -2.34. The molecule has 1 atom stereocenters. The monoisotopic (exact) mass is 703 g/mol. The van der Waals surface area contributed by atoms with Gasteiger partial charge in [-0.2, -0.15) is 5.26 Å². The van der Waals surface area contributed by atoms with E-state index in [9.17, 15) is 10.1 Å². The second kappa shape index (κ2) is 16.8. The molecule has 5 heteroatoms. The Morgan fingerprint density at radius 1 is 1.06 bits per heavy atom. The number of carbonyl (C=O) groups is 1. The van der Waals surface area contributed by atoms with Gasteiger partial charge in [-0.1, -0.05) is 109 Å². The summed E-state index contributed by atoms with van der Waals surface area (Å²) in [7, 11) is 0. The summed E-state index contributed by atoms with van der Waals surface area (Å²) >= 11 is 3.53. The molecule has 0 aromatic heterocycles. The molecule has 0 saturated carbocycles. The smallest absolute Gasteiger partial charge is 0.121 e. The van der Waals surface area contributed by atoms with Gasteiger partial charge in [0.1, 0.15) is 6.29 Å². The van der Waals surface area contributed by atoms with Gasteiger partial charge in [-0.05, 0) is 104 Å². The number of aryl methyl sites for hydroxylation is 1. The number of hydrogen-bond donors (Lipinski definition) is 1. The average Bonchev–Trinajstić information content (AvgIpc) is 3.30. The van der Waals surface area contributed by atoms with Crippen LogP contribution in [0.5, 0.6) is 0 Å². The molecule has 48 heavy (non-hydrogen) atoms. The Hall–Kier alpha value is -4.14. The van der Waals surface area contributed by atoms with Gasteiger partial charge in [0.25, 0.3) is 0 Å². The fourth-order valence-corrected chi connectivity index (χ4v) is 7.12. The van der Waals surface area contributed by atoms with Crippen molar-refractivity contribution < 1.29 is 4.79 Å². The molecule has 4 nitrogen and oxygen atoms in total. The molecule has 0 bridgehead atoms. The normalized spacial score (nSPS) is 16.3. The Morgan fingerprint density at radius 3 is 2.54 bits per heavy atom. The van der Waals surface area contributed by atoms with Gasteiger partial charge < -0.3 is 15.0 Å².